The molecule has 0 fully saturated rings. The smallest absolute Gasteiger partial charge is 0.119 e. The van der Waals surface area contributed by atoms with Gasteiger partial charge in [-0.2, -0.15) is 0 Å². The van der Waals surface area contributed by atoms with Crippen LogP contribution in [0.25, 0.3) is 0 Å². The SMILES string of the molecule is COc1ccc2c(c1)CCC(N)C2c1ccccc1. The van der Waals surface area contributed by atoms with E-state index in [1.54, 1.807) is 7.11 Å². The standard InChI is InChI=1S/C17H19NO/c1-19-14-8-9-15-13(11-14)7-10-16(18)17(15)12-5-3-2-4-6-12/h2-6,8-9,11,16-17H,7,10,18H2,1H3. The van der Waals surface area contributed by atoms with Crippen LogP contribution in [0.2, 0.25) is 0 Å². The summed E-state index contributed by atoms with van der Waals surface area (Å²) in [6.07, 6.45) is 2.07. The number of hydrogen-bond donors (Lipinski definition) is 1. The van der Waals surface area contributed by atoms with Crippen LogP contribution in [-0.2, 0) is 6.42 Å². The molecule has 0 aliphatic heterocycles. The first kappa shape index (κ1) is 12.2. The highest BCUT2D eigenvalue weighted by atomic mass is 16.5. The fourth-order valence-corrected chi connectivity index (χ4v) is 3.04. The van der Waals surface area contributed by atoms with Crippen molar-refractivity contribution in [1.82, 2.24) is 0 Å². The number of hydrogen-bond acceptors (Lipinski definition) is 2. The Morgan fingerprint density at radius 3 is 2.63 bits per heavy atom. The summed E-state index contributed by atoms with van der Waals surface area (Å²) in [4.78, 5) is 0. The van der Waals surface area contributed by atoms with E-state index >= 15 is 0 Å². The van der Waals surface area contributed by atoms with Crippen LogP contribution in [0.5, 0.6) is 5.75 Å². The second kappa shape index (κ2) is 5.06. The molecule has 2 nitrogen and oxygen atoms in total. The third-order valence-corrected chi connectivity index (χ3v) is 4.02. The highest BCUT2D eigenvalue weighted by Gasteiger charge is 2.28. The summed E-state index contributed by atoms with van der Waals surface area (Å²) in [7, 11) is 1.71. The maximum atomic E-state index is 6.37. The lowest BCUT2D eigenvalue weighted by Crippen LogP contribution is -2.33. The molecule has 2 aromatic carbocycles. The van der Waals surface area contributed by atoms with Crippen LogP contribution in [0.1, 0.15) is 29.0 Å². The van der Waals surface area contributed by atoms with Crippen molar-refractivity contribution in [3.63, 3.8) is 0 Å². The second-order valence-electron chi connectivity index (χ2n) is 5.16. The van der Waals surface area contributed by atoms with Gasteiger partial charge in [-0.1, -0.05) is 36.4 Å². The van der Waals surface area contributed by atoms with Gasteiger partial charge in [0.05, 0.1) is 7.11 Å². The molecule has 0 radical (unpaired) electrons. The largest absolute Gasteiger partial charge is 0.497 e. The Hall–Kier alpha value is -1.80. The highest BCUT2D eigenvalue weighted by Crippen LogP contribution is 2.37. The summed E-state index contributed by atoms with van der Waals surface area (Å²) in [5.41, 5.74) is 10.4. The molecular formula is C17H19NO. The minimum atomic E-state index is 0.197. The maximum Gasteiger partial charge on any atom is 0.119 e. The molecule has 0 amide bonds. The van der Waals surface area contributed by atoms with E-state index in [1.807, 2.05) is 12.1 Å². The fourth-order valence-electron chi connectivity index (χ4n) is 3.04. The maximum absolute atomic E-state index is 6.37. The molecule has 0 spiro atoms. The summed E-state index contributed by atoms with van der Waals surface area (Å²) in [6, 6.07) is 17.1. The first-order valence-corrected chi connectivity index (χ1v) is 6.77. The van der Waals surface area contributed by atoms with Crippen molar-refractivity contribution in [3.05, 3.63) is 65.2 Å². The van der Waals surface area contributed by atoms with Gasteiger partial charge in [0.2, 0.25) is 0 Å². The highest BCUT2D eigenvalue weighted by molar-refractivity contribution is 5.45. The van der Waals surface area contributed by atoms with Crippen molar-refractivity contribution in [2.75, 3.05) is 7.11 Å². The lowest BCUT2D eigenvalue weighted by Gasteiger charge is -2.32. The number of ether oxygens (including phenoxy) is 1. The Kier molecular flexibility index (Phi) is 3.26. The summed E-state index contributed by atoms with van der Waals surface area (Å²) >= 11 is 0. The van der Waals surface area contributed by atoms with E-state index in [9.17, 15) is 0 Å². The first-order chi connectivity index (χ1) is 9.29. The summed E-state index contributed by atoms with van der Waals surface area (Å²) in [5, 5.41) is 0. The number of nitrogens with two attached hydrogens (primary N) is 1. The Morgan fingerprint density at radius 1 is 1.11 bits per heavy atom. The van der Waals surface area contributed by atoms with Crippen LogP contribution in [0.4, 0.5) is 0 Å². The minimum absolute atomic E-state index is 0.197. The van der Waals surface area contributed by atoms with E-state index in [2.05, 4.69) is 36.4 Å². The minimum Gasteiger partial charge on any atom is -0.497 e. The molecule has 0 heterocycles. The zero-order valence-corrected chi connectivity index (χ0v) is 11.2. The van der Waals surface area contributed by atoms with Crippen LogP contribution >= 0.6 is 0 Å². The van der Waals surface area contributed by atoms with Gasteiger partial charge in [-0.15, -0.1) is 0 Å². The van der Waals surface area contributed by atoms with Crippen molar-refractivity contribution in [3.8, 4) is 5.75 Å². The topological polar surface area (TPSA) is 35.2 Å². The normalized spacial score (nSPS) is 21.8. The third kappa shape index (κ3) is 2.24. The third-order valence-electron chi connectivity index (χ3n) is 4.02. The van der Waals surface area contributed by atoms with Crippen LogP contribution in [0.15, 0.2) is 48.5 Å². The van der Waals surface area contributed by atoms with Crippen LogP contribution in [0, 0.1) is 0 Å². The molecule has 2 atom stereocenters. The summed E-state index contributed by atoms with van der Waals surface area (Å²) in [5.74, 6) is 1.23. The lowest BCUT2D eigenvalue weighted by molar-refractivity contribution is 0.412. The van der Waals surface area contributed by atoms with Crippen molar-refractivity contribution in [1.29, 1.82) is 0 Å². The molecule has 0 aromatic heterocycles. The molecule has 2 unspecified atom stereocenters. The molecule has 2 aromatic rings. The van der Waals surface area contributed by atoms with Crippen molar-refractivity contribution in [2.24, 2.45) is 5.73 Å². The molecule has 3 rings (SSSR count). The quantitative estimate of drug-likeness (QED) is 0.892. The number of rotatable bonds is 2. The number of methoxy groups -OCH3 is 1. The van der Waals surface area contributed by atoms with Crippen molar-refractivity contribution >= 4 is 0 Å². The average molecular weight is 253 g/mol. The zero-order chi connectivity index (χ0) is 13.2. The van der Waals surface area contributed by atoms with Gasteiger partial charge in [-0.25, -0.2) is 0 Å². The molecule has 1 aliphatic rings. The van der Waals surface area contributed by atoms with E-state index < -0.39 is 0 Å². The fraction of sp³-hybridized carbons (Fsp3) is 0.294. The first-order valence-electron chi connectivity index (χ1n) is 6.77. The van der Waals surface area contributed by atoms with Crippen molar-refractivity contribution < 1.29 is 4.74 Å². The molecule has 2 heteroatoms. The van der Waals surface area contributed by atoms with E-state index in [0.717, 1.165) is 18.6 Å². The number of aryl methyl sites for hydroxylation is 1. The predicted molar refractivity (Wildman–Crippen MR) is 77.6 cm³/mol. The van der Waals surface area contributed by atoms with Gasteiger partial charge in [-0.3, -0.25) is 0 Å². The van der Waals surface area contributed by atoms with Gasteiger partial charge in [0.25, 0.3) is 0 Å². The van der Waals surface area contributed by atoms with Crippen molar-refractivity contribution in [2.45, 2.75) is 24.8 Å². The van der Waals surface area contributed by atoms with E-state index in [-0.39, 0.29) is 6.04 Å². The molecular weight excluding hydrogens is 234 g/mol. The monoisotopic (exact) mass is 253 g/mol. The van der Waals surface area contributed by atoms with E-state index in [1.165, 1.54) is 16.7 Å². The Balaban J connectivity index is 2.07. The van der Waals surface area contributed by atoms with Gasteiger partial charge in [-0.05, 0) is 41.7 Å². The second-order valence-corrected chi connectivity index (χ2v) is 5.16. The molecule has 2 N–H and O–H groups in total. The molecule has 19 heavy (non-hydrogen) atoms. The van der Waals surface area contributed by atoms with E-state index in [0.29, 0.717) is 5.92 Å². The summed E-state index contributed by atoms with van der Waals surface area (Å²) in [6.45, 7) is 0. The molecule has 0 saturated carbocycles. The van der Waals surface area contributed by atoms with Gasteiger partial charge in [0.15, 0.2) is 0 Å². The molecule has 98 valence electrons. The van der Waals surface area contributed by atoms with Gasteiger partial charge in [0.1, 0.15) is 5.75 Å². The number of fused-ring (bicyclic) bond motifs is 1. The van der Waals surface area contributed by atoms with Gasteiger partial charge < -0.3 is 10.5 Å². The molecule has 1 aliphatic carbocycles. The zero-order valence-electron chi connectivity index (χ0n) is 11.2. The number of benzene rings is 2. The summed E-state index contributed by atoms with van der Waals surface area (Å²) < 4.78 is 5.32. The van der Waals surface area contributed by atoms with Crippen LogP contribution < -0.4 is 10.5 Å². The Bertz CT molecular complexity index is 565. The molecule has 0 bridgehead atoms. The van der Waals surface area contributed by atoms with Crippen LogP contribution in [0.3, 0.4) is 0 Å². The average Bonchev–Trinajstić information content (AvgIpc) is 2.47. The lowest BCUT2D eigenvalue weighted by atomic mass is 9.76. The van der Waals surface area contributed by atoms with E-state index in [4.69, 9.17) is 10.5 Å². The molecule has 0 saturated heterocycles. The Morgan fingerprint density at radius 2 is 1.89 bits per heavy atom. The van der Waals surface area contributed by atoms with Crippen LogP contribution in [-0.4, -0.2) is 13.2 Å². The van der Waals surface area contributed by atoms with Gasteiger partial charge in [0, 0.05) is 12.0 Å². The predicted octanol–water partition coefficient (Wildman–Crippen LogP) is 3.10. The Labute approximate surface area is 114 Å². The van der Waals surface area contributed by atoms with Gasteiger partial charge >= 0.3 is 0 Å².